The first-order chi connectivity index (χ1) is 28.4. The van der Waals surface area contributed by atoms with Gasteiger partial charge in [0.15, 0.2) is 11.5 Å². The highest BCUT2D eigenvalue weighted by molar-refractivity contribution is 6.31. The van der Waals surface area contributed by atoms with Crippen LogP contribution in [0.5, 0.6) is 0 Å². The maximum Gasteiger partial charge on any atom is 0.275 e. The van der Waals surface area contributed by atoms with Crippen LogP contribution in [0.2, 0.25) is 5.02 Å². The number of hydrogen-bond acceptors (Lipinski definition) is 10. The predicted octanol–water partition coefficient (Wildman–Crippen LogP) is 5.33. The van der Waals surface area contributed by atoms with E-state index in [1.165, 1.54) is 10.7 Å². The Balaban J connectivity index is 0.791. The molecule has 3 amide bonds. The molecule has 1 spiro atoms. The van der Waals surface area contributed by atoms with Crippen LogP contribution < -0.4 is 21.3 Å². The number of rotatable bonds is 9. The summed E-state index contributed by atoms with van der Waals surface area (Å²) in [6.07, 6.45) is 7.33. The fraction of sp³-hybridized carbons (Fsp3) is 0.512. The topological polar surface area (TPSA) is 144 Å². The van der Waals surface area contributed by atoms with E-state index >= 15 is 8.78 Å². The number of primary amides is 1. The van der Waals surface area contributed by atoms with Crippen molar-refractivity contribution in [2.24, 2.45) is 11.1 Å². The second kappa shape index (κ2) is 15.7. The van der Waals surface area contributed by atoms with Gasteiger partial charge in [-0.05, 0) is 111 Å². The van der Waals surface area contributed by atoms with Gasteiger partial charge in [-0.15, -0.1) is 5.10 Å². The van der Waals surface area contributed by atoms with Crippen molar-refractivity contribution in [1.82, 2.24) is 34.6 Å². The van der Waals surface area contributed by atoms with E-state index in [1.54, 1.807) is 7.05 Å². The van der Waals surface area contributed by atoms with Gasteiger partial charge in [0.1, 0.15) is 5.69 Å². The number of likely N-dealkylation sites (tertiary alicyclic amines) is 3. The number of piperidine rings is 4. The number of alkyl halides is 2. The van der Waals surface area contributed by atoms with E-state index in [2.05, 4.69) is 30.3 Å². The van der Waals surface area contributed by atoms with Crippen LogP contribution in [0.1, 0.15) is 83.6 Å². The van der Waals surface area contributed by atoms with E-state index < -0.39 is 23.8 Å². The fourth-order valence-corrected chi connectivity index (χ4v) is 10.6. The van der Waals surface area contributed by atoms with Crippen LogP contribution in [-0.4, -0.2) is 112 Å². The monoisotopic (exact) mass is 828 g/mol. The Morgan fingerprint density at radius 1 is 0.966 bits per heavy atom. The maximum absolute atomic E-state index is 16.1. The number of imidazole rings is 1. The SMILES string of the molecule is CNc1cc(N2CCc3c(CN4CCC(N5CCC6(CCN(Cc7ccc(Cl)c(C8CCC(=O)NC8=O)c7)CC6)CC5)C(F)(F)C4)cccc32)nn2c(C(N)=O)cnc12. The Bertz CT molecular complexity index is 2280. The number of nitrogens with two attached hydrogens (primary N) is 1. The number of nitrogens with one attached hydrogen (secondary N) is 2. The van der Waals surface area contributed by atoms with Crippen molar-refractivity contribution in [2.45, 2.75) is 82.3 Å². The van der Waals surface area contributed by atoms with E-state index in [9.17, 15) is 14.4 Å². The van der Waals surface area contributed by atoms with Crippen LogP contribution in [0, 0.1) is 5.41 Å². The number of hydrogen-bond donors (Lipinski definition) is 3. The number of aromatic nitrogens is 3. The number of amides is 3. The summed E-state index contributed by atoms with van der Waals surface area (Å²) in [4.78, 5) is 49.2. The lowest BCUT2D eigenvalue weighted by Gasteiger charge is -2.51. The number of benzene rings is 2. The molecule has 2 aromatic carbocycles. The molecule has 0 saturated carbocycles. The zero-order valence-electron chi connectivity index (χ0n) is 33.4. The lowest BCUT2D eigenvalue weighted by Crippen LogP contribution is -2.60. The molecule has 59 heavy (non-hydrogen) atoms. The predicted molar refractivity (Wildman–Crippen MR) is 221 cm³/mol. The largest absolute Gasteiger partial charge is 0.385 e. The molecule has 0 bridgehead atoms. The summed E-state index contributed by atoms with van der Waals surface area (Å²) < 4.78 is 33.7. The van der Waals surface area contributed by atoms with Gasteiger partial charge in [-0.25, -0.2) is 18.3 Å². The molecular weight excluding hydrogens is 778 g/mol. The van der Waals surface area contributed by atoms with E-state index in [0.29, 0.717) is 74.2 Å². The number of fused-ring (bicyclic) bond motifs is 2. The lowest BCUT2D eigenvalue weighted by molar-refractivity contribution is -0.139. The van der Waals surface area contributed by atoms with Gasteiger partial charge in [0, 0.05) is 56.4 Å². The van der Waals surface area contributed by atoms with Gasteiger partial charge in [-0.3, -0.25) is 34.4 Å². The molecular formula is C43H51ClF2N10O3. The molecule has 312 valence electrons. The molecule has 4 aromatic rings. The summed E-state index contributed by atoms with van der Waals surface area (Å²) in [5.74, 6) is -3.76. The molecule has 2 aromatic heterocycles. The molecule has 0 radical (unpaired) electrons. The van der Waals surface area contributed by atoms with Crippen LogP contribution in [0.3, 0.4) is 0 Å². The molecule has 4 N–H and O–H groups in total. The van der Waals surface area contributed by atoms with E-state index in [4.69, 9.17) is 22.4 Å². The molecule has 4 fully saturated rings. The van der Waals surface area contributed by atoms with Crippen LogP contribution >= 0.6 is 11.6 Å². The van der Waals surface area contributed by atoms with Gasteiger partial charge in [0.25, 0.3) is 11.8 Å². The van der Waals surface area contributed by atoms with E-state index in [-0.39, 0.29) is 29.5 Å². The van der Waals surface area contributed by atoms with Crippen LogP contribution in [0.4, 0.5) is 26.0 Å². The van der Waals surface area contributed by atoms with Gasteiger partial charge >= 0.3 is 0 Å². The van der Waals surface area contributed by atoms with Crippen molar-refractivity contribution < 1.29 is 23.2 Å². The summed E-state index contributed by atoms with van der Waals surface area (Å²) in [5.41, 5.74) is 12.2. The van der Waals surface area contributed by atoms with Gasteiger partial charge < -0.3 is 16.0 Å². The third-order valence-corrected chi connectivity index (χ3v) is 14.1. The second-order valence-electron chi connectivity index (χ2n) is 17.2. The molecule has 2 atom stereocenters. The Morgan fingerprint density at radius 2 is 1.75 bits per heavy atom. The van der Waals surface area contributed by atoms with Crippen molar-refractivity contribution in [3.63, 3.8) is 0 Å². The second-order valence-corrected chi connectivity index (χ2v) is 17.6. The highest BCUT2D eigenvalue weighted by Crippen LogP contribution is 2.45. The first kappa shape index (κ1) is 39.7. The molecule has 13 nitrogen and oxygen atoms in total. The third-order valence-electron chi connectivity index (χ3n) is 13.7. The van der Waals surface area contributed by atoms with Crippen molar-refractivity contribution in [3.05, 3.63) is 81.6 Å². The highest BCUT2D eigenvalue weighted by Gasteiger charge is 2.49. The number of carbonyl (C=O) groups is 3. The molecule has 16 heteroatoms. The van der Waals surface area contributed by atoms with Crippen LogP contribution in [0.25, 0.3) is 5.65 Å². The van der Waals surface area contributed by atoms with Gasteiger partial charge in [0.2, 0.25) is 11.8 Å². The number of halogens is 3. The molecule has 5 aliphatic heterocycles. The minimum Gasteiger partial charge on any atom is -0.385 e. The van der Waals surface area contributed by atoms with Gasteiger partial charge in [0.05, 0.1) is 30.4 Å². The average molecular weight is 829 g/mol. The smallest absolute Gasteiger partial charge is 0.275 e. The number of carbonyl (C=O) groups excluding carboxylic acids is 3. The number of imide groups is 1. The summed E-state index contributed by atoms with van der Waals surface area (Å²) >= 11 is 6.52. The van der Waals surface area contributed by atoms with Crippen molar-refractivity contribution in [2.75, 3.05) is 63.1 Å². The van der Waals surface area contributed by atoms with Crippen molar-refractivity contribution >= 4 is 52.2 Å². The fourth-order valence-electron chi connectivity index (χ4n) is 10.4. The van der Waals surface area contributed by atoms with Crippen LogP contribution in [0.15, 0.2) is 48.7 Å². The number of anilines is 3. The summed E-state index contributed by atoms with van der Waals surface area (Å²) in [7, 11) is 1.79. The Hall–Kier alpha value is -4.70. The first-order valence-electron chi connectivity index (χ1n) is 20.8. The Labute approximate surface area is 347 Å². The normalized spacial score (nSPS) is 23.8. The van der Waals surface area contributed by atoms with Crippen molar-refractivity contribution in [1.29, 1.82) is 0 Å². The molecule has 2 unspecified atom stereocenters. The summed E-state index contributed by atoms with van der Waals surface area (Å²) in [6, 6.07) is 13.1. The quantitative estimate of drug-likeness (QED) is 0.190. The Kier molecular flexibility index (Phi) is 10.6. The average Bonchev–Trinajstić information content (AvgIpc) is 3.86. The molecule has 0 aliphatic carbocycles. The minimum atomic E-state index is -2.83. The first-order valence-corrected chi connectivity index (χ1v) is 21.2. The molecule has 5 aliphatic rings. The van der Waals surface area contributed by atoms with Crippen molar-refractivity contribution in [3.8, 4) is 0 Å². The van der Waals surface area contributed by atoms with E-state index in [0.717, 1.165) is 79.7 Å². The zero-order chi connectivity index (χ0) is 41.1. The zero-order valence-corrected chi connectivity index (χ0v) is 34.1. The standard InChI is InChI=1S/C43H51ClF2N10O3/c1-48-33-22-37(51-56-35(39(47)58)23-49-40(33)56)55-16-9-29-28(3-2-4-34(29)55)25-53-15-10-36(43(45,46)26-53)54-19-13-42(14-20-54)11-17-52(18-12-42)24-27-5-7-32(44)31(21-27)30-6-8-38(57)50-41(30)59/h2-5,7,21-23,30,36,48H,6,8-20,24-26H2,1H3,(H2,47,58)(H,50,57,59). The number of nitrogens with zero attached hydrogens (tertiary/aromatic N) is 7. The molecule has 7 heterocycles. The third kappa shape index (κ3) is 7.66. The minimum absolute atomic E-state index is 0.182. The molecule has 9 rings (SSSR count). The lowest BCUT2D eigenvalue weighted by atomic mass is 9.70. The maximum atomic E-state index is 16.1. The summed E-state index contributed by atoms with van der Waals surface area (Å²) in [6.45, 7) is 5.49. The molecule has 4 saturated heterocycles. The van der Waals surface area contributed by atoms with E-state index in [1.807, 2.05) is 47.4 Å². The summed E-state index contributed by atoms with van der Waals surface area (Å²) in [5, 5.41) is 10.9. The van der Waals surface area contributed by atoms with Crippen LogP contribution in [-0.2, 0) is 29.1 Å². The van der Waals surface area contributed by atoms with Gasteiger partial charge in [-0.2, -0.15) is 0 Å². The Morgan fingerprint density at radius 3 is 2.47 bits per heavy atom. The highest BCUT2D eigenvalue weighted by atomic mass is 35.5. The van der Waals surface area contributed by atoms with Gasteiger partial charge in [-0.1, -0.05) is 35.9 Å².